The average molecular weight is 383 g/mol. The largest absolute Gasteiger partial charge is 0.301 e. The fraction of sp³-hybridized carbons (Fsp3) is 0.375. The van der Waals surface area contributed by atoms with Crippen molar-refractivity contribution in [3.63, 3.8) is 0 Å². The lowest BCUT2D eigenvalue weighted by atomic mass is 10.2. The smallest absolute Gasteiger partial charge is 0.248 e. The van der Waals surface area contributed by atoms with E-state index in [0.29, 0.717) is 29.5 Å². The Labute approximate surface area is 149 Å². The van der Waals surface area contributed by atoms with Crippen LogP contribution in [0.25, 0.3) is 11.3 Å². The molecule has 1 N–H and O–H groups in total. The first-order chi connectivity index (χ1) is 11.7. The number of carbonyl (C=O) groups excluding carboxylic acids is 1. The lowest BCUT2D eigenvalue weighted by Crippen LogP contribution is -2.55. The van der Waals surface area contributed by atoms with Crippen molar-refractivity contribution in [3.05, 3.63) is 35.5 Å². The standard InChI is InChI=1S/C16H18FN3O3S2/c1-16(2,25(22,23)20-8-3-9-20)14(21)19-15-18-13(10-24-15)11-4-6-12(17)7-5-11/h4-7,10H,3,8-9H2,1-2H3,(H,18,19,21). The molecule has 0 spiro atoms. The van der Waals surface area contributed by atoms with Crippen molar-refractivity contribution in [1.29, 1.82) is 0 Å². The Morgan fingerprint density at radius 3 is 2.48 bits per heavy atom. The van der Waals surface area contributed by atoms with Gasteiger partial charge in [-0.05, 0) is 44.5 Å². The maximum atomic E-state index is 13.0. The maximum absolute atomic E-state index is 13.0. The zero-order valence-electron chi connectivity index (χ0n) is 13.8. The molecule has 1 aromatic carbocycles. The minimum atomic E-state index is -3.71. The molecule has 9 heteroatoms. The first kappa shape index (κ1) is 18.0. The summed E-state index contributed by atoms with van der Waals surface area (Å²) < 4.78 is 37.8. The Kier molecular flexibility index (Phi) is 4.65. The number of anilines is 1. The van der Waals surface area contributed by atoms with Crippen LogP contribution in [0, 0.1) is 5.82 Å². The number of thiazole rings is 1. The Balaban J connectivity index is 1.76. The van der Waals surface area contributed by atoms with Crippen molar-refractivity contribution >= 4 is 32.4 Å². The van der Waals surface area contributed by atoms with Gasteiger partial charge in [-0.15, -0.1) is 11.3 Å². The quantitative estimate of drug-likeness (QED) is 0.861. The van der Waals surface area contributed by atoms with E-state index in [1.54, 1.807) is 17.5 Å². The van der Waals surface area contributed by atoms with Gasteiger partial charge in [-0.25, -0.2) is 22.1 Å². The molecule has 1 amide bonds. The van der Waals surface area contributed by atoms with E-state index in [2.05, 4.69) is 10.3 Å². The molecule has 1 fully saturated rings. The summed E-state index contributed by atoms with van der Waals surface area (Å²) in [5.41, 5.74) is 1.30. The number of carbonyl (C=O) groups is 1. The highest BCUT2D eigenvalue weighted by Gasteiger charge is 2.47. The molecule has 6 nitrogen and oxygen atoms in total. The summed E-state index contributed by atoms with van der Waals surface area (Å²) in [4.78, 5) is 16.8. The Hall–Kier alpha value is -1.84. The van der Waals surface area contributed by atoms with Crippen LogP contribution in [0.1, 0.15) is 20.3 Å². The van der Waals surface area contributed by atoms with E-state index in [4.69, 9.17) is 0 Å². The number of hydrogen-bond donors (Lipinski definition) is 1. The number of amides is 1. The lowest BCUT2D eigenvalue weighted by molar-refractivity contribution is -0.118. The number of hydrogen-bond acceptors (Lipinski definition) is 5. The highest BCUT2D eigenvalue weighted by atomic mass is 32.2. The highest BCUT2D eigenvalue weighted by molar-refractivity contribution is 7.91. The van der Waals surface area contributed by atoms with Crippen LogP contribution in [-0.4, -0.2) is 41.5 Å². The Bertz CT molecular complexity index is 888. The molecule has 1 saturated heterocycles. The van der Waals surface area contributed by atoms with Crippen molar-refractivity contribution in [2.45, 2.75) is 25.0 Å². The summed E-state index contributed by atoms with van der Waals surface area (Å²) in [5, 5.41) is 4.61. The van der Waals surface area contributed by atoms with E-state index in [-0.39, 0.29) is 5.82 Å². The molecule has 0 aliphatic carbocycles. The van der Waals surface area contributed by atoms with E-state index in [1.807, 2.05) is 0 Å². The Morgan fingerprint density at radius 2 is 1.92 bits per heavy atom. The van der Waals surface area contributed by atoms with Crippen molar-refractivity contribution in [1.82, 2.24) is 9.29 Å². The van der Waals surface area contributed by atoms with E-state index < -0.39 is 20.7 Å². The van der Waals surface area contributed by atoms with Crippen molar-refractivity contribution in [2.75, 3.05) is 18.4 Å². The third-order valence-corrected chi connectivity index (χ3v) is 7.49. The second-order valence-electron chi connectivity index (χ2n) is 6.27. The second-order valence-corrected chi connectivity index (χ2v) is 9.61. The molecule has 0 radical (unpaired) electrons. The predicted molar refractivity (Wildman–Crippen MR) is 95.3 cm³/mol. The van der Waals surface area contributed by atoms with E-state index in [0.717, 1.165) is 6.42 Å². The van der Waals surface area contributed by atoms with Gasteiger partial charge in [0.2, 0.25) is 15.9 Å². The molecule has 1 aromatic heterocycles. The fourth-order valence-corrected chi connectivity index (χ4v) is 4.68. The first-order valence-corrected chi connectivity index (χ1v) is 10.1. The molecular weight excluding hydrogens is 365 g/mol. The van der Waals surface area contributed by atoms with Crippen molar-refractivity contribution in [3.8, 4) is 11.3 Å². The normalized spacial score (nSPS) is 15.6. The monoisotopic (exact) mass is 383 g/mol. The molecule has 0 saturated carbocycles. The third kappa shape index (κ3) is 3.31. The number of nitrogens with one attached hydrogen (secondary N) is 1. The van der Waals surface area contributed by atoms with Crippen LogP contribution in [0.15, 0.2) is 29.6 Å². The summed E-state index contributed by atoms with van der Waals surface area (Å²) in [7, 11) is -3.71. The van der Waals surface area contributed by atoms with Crippen LogP contribution < -0.4 is 5.32 Å². The molecule has 134 valence electrons. The van der Waals surface area contributed by atoms with E-state index >= 15 is 0 Å². The maximum Gasteiger partial charge on any atom is 0.248 e. The topological polar surface area (TPSA) is 79.4 Å². The minimum Gasteiger partial charge on any atom is -0.301 e. The number of aromatic nitrogens is 1. The number of nitrogens with zero attached hydrogens (tertiary/aromatic N) is 2. The fourth-order valence-electron chi connectivity index (χ4n) is 2.30. The van der Waals surface area contributed by atoms with Gasteiger partial charge in [0.25, 0.3) is 0 Å². The predicted octanol–water partition coefficient (Wildman–Crippen LogP) is 2.70. The van der Waals surface area contributed by atoms with Crippen LogP contribution in [0.5, 0.6) is 0 Å². The summed E-state index contributed by atoms with van der Waals surface area (Å²) in [6, 6.07) is 5.84. The SMILES string of the molecule is CC(C)(C(=O)Nc1nc(-c2ccc(F)cc2)cs1)S(=O)(=O)N1CCC1. The summed E-state index contributed by atoms with van der Waals surface area (Å²) in [6.45, 7) is 3.69. The van der Waals surface area contributed by atoms with Gasteiger partial charge in [0, 0.05) is 24.0 Å². The molecule has 3 rings (SSSR count). The van der Waals surface area contributed by atoms with Gasteiger partial charge in [-0.1, -0.05) is 0 Å². The van der Waals surface area contributed by atoms with Crippen LogP contribution in [-0.2, 0) is 14.8 Å². The van der Waals surface area contributed by atoms with Gasteiger partial charge in [0.05, 0.1) is 5.69 Å². The molecule has 0 unspecified atom stereocenters. The highest BCUT2D eigenvalue weighted by Crippen LogP contribution is 2.29. The molecule has 0 bridgehead atoms. The number of benzene rings is 1. The lowest BCUT2D eigenvalue weighted by Gasteiger charge is -2.36. The van der Waals surface area contributed by atoms with Crippen molar-refractivity contribution < 1.29 is 17.6 Å². The number of sulfonamides is 1. The van der Waals surface area contributed by atoms with Gasteiger partial charge in [-0.2, -0.15) is 0 Å². The average Bonchev–Trinajstić information content (AvgIpc) is 2.94. The molecule has 2 aromatic rings. The van der Waals surface area contributed by atoms with Gasteiger partial charge in [0.15, 0.2) is 9.88 Å². The van der Waals surface area contributed by atoms with E-state index in [9.17, 15) is 17.6 Å². The van der Waals surface area contributed by atoms with Crippen LogP contribution in [0.4, 0.5) is 9.52 Å². The van der Waals surface area contributed by atoms with Gasteiger partial charge in [0.1, 0.15) is 5.82 Å². The second kappa shape index (κ2) is 6.47. The van der Waals surface area contributed by atoms with Crippen LogP contribution in [0.2, 0.25) is 0 Å². The summed E-state index contributed by atoms with van der Waals surface area (Å²) in [6.07, 6.45) is 0.810. The zero-order valence-corrected chi connectivity index (χ0v) is 15.5. The molecule has 2 heterocycles. The summed E-state index contributed by atoms with van der Waals surface area (Å²) in [5.74, 6) is -0.968. The molecule has 1 aliphatic heterocycles. The number of halogens is 1. The van der Waals surface area contributed by atoms with Gasteiger partial charge in [-0.3, -0.25) is 4.79 Å². The first-order valence-electron chi connectivity index (χ1n) is 7.74. The van der Waals surface area contributed by atoms with Crippen molar-refractivity contribution in [2.24, 2.45) is 0 Å². The molecule has 1 aliphatic rings. The van der Waals surface area contributed by atoms with Crippen LogP contribution in [0.3, 0.4) is 0 Å². The summed E-state index contributed by atoms with van der Waals surface area (Å²) >= 11 is 1.19. The van der Waals surface area contributed by atoms with Gasteiger partial charge < -0.3 is 5.32 Å². The molecule has 25 heavy (non-hydrogen) atoms. The Morgan fingerprint density at radius 1 is 1.28 bits per heavy atom. The third-order valence-electron chi connectivity index (χ3n) is 4.21. The molecular formula is C16H18FN3O3S2. The minimum absolute atomic E-state index is 0.302. The van der Waals surface area contributed by atoms with E-state index in [1.165, 1.54) is 41.6 Å². The number of rotatable bonds is 5. The molecule has 0 atom stereocenters. The zero-order chi connectivity index (χ0) is 18.2. The van der Waals surface area contributed by atoms with Gasteiger partial charge >= 0.3 is 0 Å². The van der Waals surface area contributed by atoms with Crippen LogP contribution >= 0.6 is 11.3 Å².